The maximum atomic E-state index is 13.0. The number of hydrogen-bond donors (Lipinski definition) is 3. The second kappa shape index (κ2) is 12.1. The lowest BCUT2D eigenvalue weighted by Gasteiger charge is -2.40. The molecule has 37 heavy (non-hydrogen) atoms. The Morgan fingerprint density at radius 3 is 2.22 bits per heavy atom. The van der Waals surface area contributed by atoms with Crippen molar-refractivity contribution in [3.05, 3.63) is 56.5 Å². The molecule has 1 aromatic heterocycles. The van der Waals surface area contributed by atoms with Crippen molar-refractivity contribution in [2.75, 3.05) is 31.3 Å². The molecular formula is C28H44N4O4S. The second-order valence-corrected chi connectivity index (χ2v) is 12.8. The topological polar surface area (TPSA) is 106 Å². The zero-order valence-corrected chi connectivity index (χ0v) is 24.2. The predicted molar refractivity (Wildman–Crippen MR) is 150 cm³/mol. The number of rotatable bonds is 10. The van der Waals surface area contributed by atoms with E-state index >= 15 is 0 Å². The lowest BCUT2D eigenvalue weighted by atomic mass is 9.88. The molecule has 0 spiro atoms. The largest absolute Gasteiger partial charge is 0.374 e. The van der Waals surface area contributed by atoms with E-state index in [1.165, 1.54) is 0 Å². The fraction of sp³-hybridized carbons (Fsp3) is 0.607. The van der Waals surface area contributed by atoms with E-state index in [9.17, 15) is 18.3 Å². The van der Waals surface area contributed by atoms with Gasteiger partial charge in [-0.15, -0.1) is 0 Å². The van der Waals surface area contributed by atoms with Gasteiger partial charge < -0.3 is 19.9 Å². The summed E-state index contributed by atoms with van der Waals surface area (Å²) in [5.41, 5.74) is 4.20. The number of hydrogen-bond acceptors (Lipinski definition) is 7. The average molecular weight is 533 g/mol. The molecule has 0 bridgehead atoms. The van der Waals surface area contributed by atoms with Crippen LogP contribution in [0.25, 0.3) is 0 Å². The van der Waals surface area contributed by atoms with Gasteiger partial charge >= 0.3 is 0 Å². The van der Waals surface area contributed by atoms with E-state index in [1.54, 1.807) is 19.1 Å². The number of aromatic amines is 1. The first-order chi connectivity index (χ1) is 17.4. The molecule has 3 rings (SSSR count). The number of sulfone groups is 1. The van der Waals surface area contributed by atoms with Crippen molar-refractivity contribution in [1.29, 1.82) is 0 Å². The van der Waals surface area contributed by atoms with Crippen molar-refractivity contribution in [2.24, 2.45) is 0 Å². The highest BCUT2D eigenvalue weighted by atomic mass is 32.2. The van der Waals surface area contributed by atoms with Crippen LogP contribution in [0, 0.1) is 20.8 Å². The highest BCUT2D eigenvalue weighted by molar-refractivity contribution is 7.91. The lowest BCUT2D eigenvalue weighted by molar-refractivity contribution is 0.136. The van der Waals surface area contributed by atoms with Gasteiger partial charge in [0.2, 0.25) is 0 Å². The van der Waals surface area contributed by atoms with Gasteiger partial charge in [-0.1, -0.05) is 6.92 Å². The molecule has 0 saturated heterocycles. The number of nitrogens with one attached hydrogen (secondary N) is 2. The Morgan fingerprint density at radius 1 is 1.05 bits per heavy atom. The van der Waals surface area contributed by atoms with Crippen LogP contribution in [0.1, 0.15) is 73.7 Å². The number of H-pyrrole nitrogens is 1. The van der Waals surface area contributed by atoms with Gasteiger partial charge in [0.15, 0.2) is 9.84 Å². The fourth-order valence-corrected chi connectivity index (χ4v) is 6.48. The molecule has 0 aliphatic heterocycles. The third-order valence-electron chi connectivity index (χ3n) is 7.88. The van der Waals surface area contributed by atoms with Gasteiger partial charge in [0, 0.05) is 47.7 Å². The average Bonchev–Trinajstić information content (AvgIpc) is 2.84. The number of nitrogens with zero attached hydrogens (tertiary/aromatic N) is 2. The summed E-state index contributed by atoms with van der Waals surface area (Å²) in [6.45, 7) is 10.3. The van der Waals surface area contributed by atoms with Crippen molar-refractivity contribution in [2.45, 2.75) is 90.1 Å². The number of aromatic nitrogens is 1. The molecule has 1 heterocycles. The lowest BCUT2D eigenvalue weighted by Crippen LogP contribution is -2.42. The quantitative estimate of drug-likeness (QED) is 0.402. The minimum atomic E-state index is -3.50. The highest BCUT2D eigenvalue weighted by Gasteiger charge is 2.29. The van der Waals surface area contributed by atoms with E-state index in [-0.39, 0.29) is 22.8 Å². The fourth-order valence-electron chi connectivity index (χ4n) is 5.54. The van der Waals surface area contributed by atoms with Gasteiger partial charge in [0.1, 0.15) is 6.23 Å². The summed E-state index contributed by atoms with van der Waals surface area (Å²) in [6.07, 6.45) is 3.14. The monoisotopic (exact) mass is 532 g/mol. The van der Waals surface area contributed by atoms with Crippen molar-refractivity contribution < 1.29 is 13.5 Å². The van der Waals surface area contributed by atoms with E-state index in [4.69, 9.17) is 0 Å². The summed E-state index contributed by atoms with van der Waals surface area (Å²) in [4.78, 5) is 20.1. The van der Waals surface area contributed by atoms with Crippen LogP contribution in [0.15, 0.2) is 27.9 Å². The summed E-state index contributed by atoms with van der Waals surface area (Å²) < 4.78 is 25.9. The molecule has 9 heteroatoms. The van der Waals surface area contributed by atoms with E-state index in [2.05, 4.69) is 41.1 Å². The summed E-state index contributed by atoms with van der Waals surface area (Å²) in [6, 6.07) is 6.13. The number of aliphatic hydroxyl groups is 1. The zero-order chi connectivity index (χ0) is 27.5. The molecule has 0 amide bonds. The van der Waals surface area contributed by atoms with Crippen LogP contribution < -0.4 is 15.8 Å². The van der Waals surface area contributed by atoms with Gasteiger partial charge in [0.05, 0.1) is 10.6 Å². The molecule has 1 atom stereocenters. The minimum Gasteiger partial charge on any atom is -0.374 e. The molecule has 0 radical (unpaired) electrons. The van der Waals surface area contributed by atoms with Gasteiger partial charge in [-0.05, 0) is 96.8 Å². The molecular weight excluding hydrogens is 488 g/mol. The van der Waals surface area contributed by atoms with E-state index < -0.39 is 16.1 Å². The van der Waals surface area contributed by atoms with E-state index in [0.29, 0.717) is 23.2 Å². The Bertz CT molecular complexity index is 1250. The summed E-state index contributed by atoms with van der Waals surface area (Å²) in [7, 11) is 0.748. The molecule has 1 aromatic carbocycles. The third kappa shape index (κ3) is 6.63. The molecule has 2 aromatic rings. The highest BCUT2D eigenvalue weighted by Crippen LogP contribution is 2.35. The number of aryl methyl sites for hydroxylation is 2. The SMILES string of the molecule is CCN(c1cc(S(=O)(=O)CC)cc(C(O)NCc2c(C)cc(C)[nH]c2=O)c1C)[C@H]1CC[C@H](N(C)C)CC1. The van der Waals surface area contributed by atoms with Crippen LogP contribution in [-0.2, 0) is 16.4 Å². The van der Waals surface area contributed by atoms with Gasteiger partial charge in [-0.3, -0.25) is 10.1 Å². The maximum absolute atomic E-state index is 13.0. The predicted octanol–water partition coefficient (Wildman–Crippen LogP) is 3.57. The molecule has 1 aliphatic carbocycles. The Balaban J connectivity index is 1.97. The number of anilines is 1. The first-order valence-electron chi connectivity index (χ1n) is 13.3. The third-order valence-corrected chi connectivity index (χ3v) is 9.60. The van der Waals surface area contributed by atoms with Crippen LogP contribution in [0.2, 0.25) is 0 Å². The van der Waals surface area contributed by atoms with E-state index in [0.717, 1.165) is 54.7 Å². The molecule has 3 N–H and O–H groups in total. The maximum Gasteiger partial charge on any atom is 0.252 e. The van der Waals surface area contributed by atoms with Crippen LogP contribution in [-0.4, -0.2) is 61.9 Å². The summed E-state index contributed by atoms with van der Waals surface area (Å²) in [5.74, 6) is -0.0174. The van der Waals surface area contributed by atoms with Gasteiger partial charge in [0.25, 0.3) is 5.56 Å². The van der Waals surface area contributed by atoms with Crippen LogP contribution in [0.3, 0.4) is 0 Å². The minimum absolute atomic E-state index is 0.0174. The Labute approximate surface area is 222 Å². The van der Waals surface area contributed by atoms with Crippen LogP contribution >= 0.6 is 0 Å². The molecule has 206 valence electrons. The zero-order valence-electron chi connectivity index (χ0n) is 23.4. The molecule has 1 fully saturated rings. The van der Waals surface area contributed by atoms with E-state index in [1.807, 2.05) is 26.8 Å². The van der Waals surface area contributed by atoms with Crippen molar-refractivity contribution in [3.63, 3.8) is 0 Å². The summed E-state index contributed by atoms with van der Waals surface area (Å²) in [5, 5.41) is 14.3. The van der Waals surface area contributed by atoms with Gasteiger partial charge in [-0.25, -0.2) is 8.42 Å². The Kier molecular flexibility index (Phi) is 9.61. The Morgan fingerprint density at radius 2 is 1.68 bits per heavy atom. The molecule has 1 unspecified atom stereocenters. The van der Waals surface area contributed by atoms with Crippen LogP contribution in [0.5, 0.6) is 0 Å². The molecule has 8 nitrogen and oxygen atoms in total. The molecule has 1 saturated carbocycles. The summed E-state index contributed by atoms with van der Waals surface area (Å²) >= 11 is 0. The van der Waals surface area contributed by atoms with Crippen molar-refractivity contribution in [3.8, 4) is 0 Å². The van der Waals surface area contributed by atoms with Crippen LogP contribution in [0.4, 0.5) is 5.69 Å². The second-order valence-electron chi connectivity index (χ2n) is 10.5. The van der Waals surface area contributed by atoms with Gasteiger partial charge in [-0.2, -0.15) is 0 Å². The Hall–Kier alpha value is -2.20. The standard InChI is InChI=1S/C28H44N4O4S/c1-8-32(22-12-10-21(11-13-22)31(6)7)26-16-23(37(35,36)9-2)15-24(20(26)5)27(33)29-17-25-18(3)14-19(4)30-28(25)34/h14-16,21-22,27,29,33H,8-13,17H2,1-7H3,(H,30,34)/t21-,22-,27?. The number of aliphatic hydroxyl groups excluding tert-OH is 1. The smallest absolute Gasteiger partial charge is 0.252 e. The first kappa shape index (κ1) is 29.4. The van der Waals surface area contributed by atoms with Crippen molar-refractivity contribution in [1.82, 2.24) is 15.2 Å². The normalized spacial score (nSPS) is 19.3. The van der Waals surface area contributed by atoms with Crippen molar-refractivity contribution >= 4 is 15.5 Å². The molecule has 1 aliphatic rings. The number of benzene rings is 1. The first-order valence-corrected chi connectivity index (χ1v) is 15.0. The number of pyridine rings is 1.